The molecule has 3 aromatic carbocycles. The molecule has 3 aromatic rings. The summed E-state index contributed by atoms with van der Waals surface area (Å²) in [6, 6.07) is 22.4. The number of likely N-dealkylation sites (N-methyl/N-ethyl adjacent to an activating group) is 1. The van der Waals surface area contributed by atoms with Crippen LogP contribution in [0.25, 0.3) is 0 Å². The van der Waals surface area contributed by atoms with Crippen LogP contribution in [0.4, 0.5) is 28.4 Å². The van der Waals surface area contributed by atoms with Crippen LogP contribution in [-0.2, 0) is 14.3 Å². The molecule has 0 heterocycles. The van der Waals surface area contributed by atoms with Gasteiger partial charge in [0.15, 0.2) is 0 Å². The minimum Gasteiger partial charge on any atom is -0.463 e. The topological polar surface area (TPSA) is 123 Å². The van der Waals surface area contributed by atoms with Gasteiger partial charge in [0, 0.05) is 32.7 Å². The predicted octanol–water partition coefficient (Wildman–Crippen LogP) is 10.8. The number of anilines is 1. The van der Waals surface area contributed by atoms with Crippen LogP contribution >= 0.6 is 0 Å². The molecule has 0 aromatic heterocycles. The number of esters is 1. The van der Waals surface area contributed by atoms with Crippen molar-refractivity contribution in [1.82, 2.24) is 4.90 Å². The third-order valence-corrected chi connectivity index (χ3v) is 8.68. The molecule has 0 aliphatic carbocycles. The van der Waals surface area contributed by atoms with Crippen molar-refractivity contribution >= 4 is 40.3 Å². The van der Waals surface area contributed by atoms with Crippen LogP contribution in [0, 0.1) is 29.6 Å². The number of benzene rings is 3. The lowest BCUT2D eigenvalue weighted by molar-refractivity contribution is -0.155. The molecule has 3 rings (SSSR count). The Balaban J connectivity index is 0.000000677. The Morgan fingerprint density at radius 2 is 1.42 bits per heavy atom. The van der Waals surface area contributed by atoms with Gasteiger partial charge in [0.1, 0.15) is 6.61 Å². The monoisotopic (exact) mass is 681 g/mol. The maximum Gasteiger partial charge on any atom is 0.311 e. The lowest BCUT2D eigenvalue weighted by atomic mass is 9.83. The highest BCUT2D eigenvalue weighted by atomic mass is 16.5. The molecule has 0 aliphatic rings. The molecule has 2 unspecified atom stereocenters. The molecule has 0 radical (unpaired) electrons. The number of nitriles is 1. The van der Waals surface area contributed by atoms with Gasteiger partial charge in [-0.15, -0.1) is 0 Å². The fourth-order valence-corrected chi connectivity index (χ4v) is 5.19. The lowest BCUT2D eigenvalue weighted by Crippen LogP contribution is -2.32. The smallest absolute Gasteiger partial charge is 0.311 e. The first-order valence-electron chi connectivity index (χ1n) is 17.5. The number of carbonyl (C=O) groups is 2. The van der Waals surface area contributed by atoms with Crippen molar-refractivity contribution in [2.24, 2.45) is 31.8 Å². The molecule has 10 heteroatoms. The van der Waals surface area contributed by atoms with Crippen LogP contribution in [0.2, 0.25) is 0 Å². The molecule has 0 fully saturated rings. The van der Waals surface area contributed by atoms with Crippen molar-refractivity contribution in [2.45, 2.75) is 80.1 Å². The average molecular weight is 682 g/mol. The van der Waals surface area contributed by atoms with E-state index in [-0.39, 0.29) is 17.8 Å². The highest BCUT2D eigenvalue weighted by Crippen LogP contribution is 2.30. The van der Waals surface area contributed by atoms with Gasteiger partial charge in [-0.1, -0.05) is 40.5 Å². The number of ether oxygens (including phenoxy) is 1. The first-order chi connectivity index (χ1) is 23.9. The van der Waals surface area contributed by atoms with Crippen LogP contribution < -0.4 is 4.90 Å². The Morgan fingerprint density at radius 3 is 1.94 bits per heavy atom. The maximum absolute atomic E-state index is 12.5. The summed E-state index contributed by atoms with van der Waals surface area (Å²) in [5.74, 6) is 0.401. The summed E-state index contributed by atoms with van der Waals surface area (Å²) in [5.41, 5.74) is 4.98. The second-order valence-corrected chi connectivity index (χ2v) is 12.9. The highest BCUT2D eigenvalue weighted by molar-refractivity contribution is 5.78. The van der Waals surface area contributed by atoms with Crippen molar-refractivity contribution in [1.29, 1.82) is 5.26 Å². The van der Waals surface area contributed by atoms with Gasteiger partial charge in [-0.3, -0.25) is 9.59 Å². The van der Waals surface area contributed by atoms with E-state index >= 15 is 0 Å². The largest absolute Gasteiger partial charge is 0.463 e. The number of azo groups is 2. The van der Waals surface area contributed by atoms with Crippen molar-refractivity contribution in [2.75, 3.05) is 39.2 Å². The van der Waals surface area contributed by atoms with E-state index in [1.165, 1.54) is 0 Å². The van der Waals surface area contributed by atoms with Gasteiger partial charge in [-0.25, -0.2) is 0 Å². The second-order valence-electron chi connectivity index (χ2n) is 12.9. The van der Waals surface area contributed by atoms with Crippen molar-refractivity contribution < 1.29 is 14.3 Å². The van der Waals surface area contributed by atoms with Crippen LogP contribution in [0.5, 0.6) is 0 Å². The van der Waals surface area contributed by atoms with Gasteiger partial charge in [0.25, 0.3) is 0 Å². The molecule has 2 atom stereocenters. The Labute approximate surface area is 299 Å². The van der Waals surface area contributed by atoms with Crippen molar-refractivity contribution in [3.8, 4) is 6.07 Å². The lowest BCUT2D eigenvalue weighted by Gasteiger charge is -2.26. The van der Waals surface area contributed by atoms with Crippen LogP contribution in [0.3, 0.4) is 0 Å². The quantitative estimate of drug-likeness (QED) is 0.110. The number of aryl methyl sites for hydroxylation is 1. The molecule has 0 aliphatic heterocycles. The third kappa shape index (κ3) is 13.2. The molecule has 50 heavy (non-hydrogen) atoms. The zero-order valence-corrected chi connectivity index (χ0v) is 31.4. The van der Waals surface area contributed by atoms with E-state index in [4.69, 9.17) is 10.00 Å². The number of rotatable bonds is 16. The minimum absolute atomic E-state index is 0.117. The van der Waals surface area contributed by atoms with Gasteiger partial charge >= 0.3 is 5.97 Å². The number of amides is 1. The van der Waals surface area contributed by atoms with Gasteiger partial charge in [-0.2, -0.15) is 25.7 Å². The van der Waals surface area contributed by atoms with Gasteiger partial charge in [0.2, 0.25) is 5.91 Å². The Kier molecular flexibility index (Phi) is 17.5. The normalized spacial score (nSPS) is 12.8. The van der Waals surface area contributed by atoms with E-state index in [9.17, 15) is 9.59 Å². The molecular weight excluding hydrogens is 626 g/mol. The van der Waals surface area contributed by atoms with Crippen molar-refractivity contribution in [3.63, 3.8) is 0 Å². The Morgan fingerprint density at radius 1 is 0.840 bits per heavy atom. The summed E-state index contributed by atoms with van der Waals surface area (Å²) in [4.78, 5) is 27.6. The van der Waals surface area contributed by atoms with Gasteiger partial charge in [-0.05, 0) is 112 Å². The van der Waals surface area contributed by atoms with E-state index in [2.05, 4.69) is 47.3 Å². The molecule has 1 amide bonds. The van der Waals surface area contributed by atoms with Crippen LogP contribution in [0.1, 0.15) is 84.3 Å². The summed E-state index contributed by atoms with van der Waals surface area (Å²) in [6.07, 6.45) is 5.65. The molecule has 268 valence electrons. The first-order valence-corrected chi connectivity index (χ1v) is 17.5. The number of hydrogen-bond acceptors (Lipinski definition) is 9. The van der Waals surface area contributed by atoms with Crippen LogP contribution in [0.15, 0.2) is 87.2 Å². The SMILES string of the molecule is CCCC(C)(CC)C(=O)OCCN(C)c1ccc(N=Nc2ccc(N=Nc3ccc(C#N)cc3)cc2C)cc1.CCCC(CC)C(=O)N(C)C. The summed E-state index contributed by atoms with van der Waals surface area (Å²) in [5, 5.41) is 26.2. The Hall–Kier alpha value is -4.91. The summed E-state index contributed by atoms with van der Waals surface area (Å²) >= 11 is 0. The predicted molar refractivity (Wildman–Crippen MR) is 202 cm³/mol. The van der Waals surface area contributed by atoms with Gasteiger partial charge in [0.05, 0.1) is 46.3 Å². The average Bonchev–Trinajstić information content (AvgIpc) is 3.12. The van der Waals surface area contributed by atoms with E-state index in [1.54, 1.807) is 29.2 Å². The fourth-order valence-electron chi connectivity index (χ4n) is 5.19. The zero-order chi connectivity index (χ0) is 37.1. The van der Waals surface area contributed by atoms with E-state index in [0.717, 1.165) is 61.2 Å². The maximum atomic E-state index is 12.5. The molecule has 0 saturated heterocycles. The zero-order valence-electron chi connectivity index (χ0n) is 31.4. The summed E-state index contributed by atoms with van der Waals surface area (Å²) in [7, 11) is 5.61. The van der Waals surface area contributed by atoms with Gasteiger partial charge < -0.3 is 14.5 Å². The standard InChI is InChI=1S/C31H36N6O2.C9H19NO/c1-6-18-31(4,7-2)30(38)39-20-19-37(5)28-15-12-26(13-16-28)34-36-29-17-14-27(21-23(29)3)35-33-25-10-8-24(22-32)9-11-25;1-5-7-8(6-2)9(11)10(3)4/h8-17,21H,6-7,18-20H2,1-5H3;8H,5-7H2,1-4H3. The fraction of sp³-hybridized carbons (Fsp3) is 0.475. The number of hydrogen-bond donors (Lipinski definition) is 0. The minimum atomic E-state index is -0.408. The Bertz CT molecular complexity index is 1590. The third-order valence-electron chi connectivity index (χ3n) is 8.68. The number of carbonyl (C=O) groups excluding carboxylic acids is 2. The molecule has 0 spiro atoms. The summed E-state index contributed by atoms with van der Waals surface area (Å²) < 4.78 is 5.58. The molecule has 10 nitrogen and oxygen atoms in total. The number of nitrogens with zero attached hydrogens (tertiary/aromatic N) is 7. The second kappa shape index (κ2) is 21.2. The first kappa shape index (κ1) is 41.3. The molecule has 0 saturated carbocycles. The molecule has 0 bridgehead atoms. The molecule has 0 N–H and O–H groups in total. The van der Waals surface area contributed by atoms with Crippen LogP contribution in [-0.4, -0.2) is 51.1 Å². The highest BCUT2D eigenvalue weighted by Gasteiger charge is 2.31. The van der Waals surface area contributed by atoms with E-state index < -0.39 is 5.41 Å². The van der Waals surface area contributed by atoms with E-state index in [1.807, 2.05) is 89.3 Å². The van der Waals surface area contributed by atoms with Crippen molar-refractivity contribution in [3.05, 3.63) is 77.9 Å². The summed E-state index contributed by atoms with van der Waals surface area (Å²) in [6.45, 7) is 13.2. The molecular formula is C40H55N7O3. The van der Waals surface area contributed by atoms with E-state index in [0.29, 0.717) is 30.1 Å².